The molecule has 2 N–H and O–H groups in total. The van der Waals surface area contributed by atoms with E-state index in [0.29, 0.717) is 13.2 Å². The Balaban J connectivity index is 2.56. The first kappa shape index (κ1) is 12.5. The standard InChI is InChI=1S/C12H18N2O2/c1-3-7-16-11-6-4-5-10(8-11)14-12(15)9-13-2/h4-6,8,13H,3,7,9H2,1-2H3,(H,14,15). The number of ether oxygens (including phenoxy) is 1. The molecule has 88 valence electrons. The number of carbonyl (C=O) groups excluding carboxylic acids is 1. The molecule has 0 fully saturated rings. The number of likely N-dealkylation sites (N-methyl/N-ethyl adjacent to an activating group) is 1. The second-order valence-corrected chi connectivity index (χ2v) is 3.45. The number of nitrogens with one attached hydrogen (secondary N) is 2. The first-order valence-electron chi connectivity index (χ1n) is 5.43. The smallest absolute Gasteiger partial charge is 0.238 e. The van der Waals surface area contributed by atoms with E-state index in [4.69, 9.17) is 4.74 Å². The normalized spacial score (nSPS) is 9.88. The summed E-state index contributed by atoms with van der Waals surface area (Å²) in [7, 11) is 1.74. The van der Waals surface area contributed by atoms with E-state index in [1.807, 2.05) is 24.3 Å². The Morgan fingerprint density at radius 3 is 2.94 bits per heavy atom. The van der Waals surface area contributed by atoms with Gasteiger partial charge < -0.3 is 15.4 Å². The van der Waals surface area contributed by atoms with Gasteiger partial charge in [0.25, 0.3) is 0 Å². The van der Waals surface area contributed by atoms with Crippen molar-refractivity contribution in [1.29, 1.82) is 0 Å². The van der Waals surface area contributed by atoms with E-state index in [2.05, 4.69) is 17.6 Å². The first-order valence-corrected chi connectivity index (χ1v) is 5.43. The van der Waals surface area contributed by atoms with Crippen LogP contribution in [0.3, 0.4) is 0 Å². The van der Waals surface area contributed by atoms with Gasteiger partial charge in [-0.05, 0) is 25.6 Å². The molecule has 1 aromatic carbocycles. The number of anilines is 1. The first-order chi connectivity index (χ1) is 7.76. The molecule has 1 rings (SSSR count). The number of hydrogen-bond acceptors (Lipinski definition) is 3. The van der Waals surface area contributed by atoms with Gasteiger partial charge in [0.2, 0.25) is 5.91 Å². The zero-order valence-electron chi connectivity index (χ0n) is 9.75. The number of carbonyl (C=O) groups is 1. The minimum atomic E-state index is -0.0601. The zero-order valence-corrected chi connectivity index (χ0v) is 9.75. The van der Waals surface area contributed by atoms with Crippen molar-refractivity contribution in [2.24, 2.45) is 0 Å². The Morgan fingerprint density at radius 2 is 2.25 bits per heavy atom. The van der Waals surface area contributed by atoms with E-state index in [1.54, 1.807) is 7.05 Å². The summed E-state index contributed by atoms with van der Waals surface area (Å²) in [5, 5.41) is 5.57. The van der Waals surface area contributed by atoms with Gasteiger partial charge in [-0.1, -0.05) is 13.0 Å². The number of hydrogen-bond donors (Lipinski definition) is 2. The SMILES string of the molecule is CCCOc1cccc(NC(=O)CNC)c1. The monoisotopic (exact) mass is 222 g/mol. The van der Waals surface area contributed by atoms with Gasteiger partial charge in [-0.15, -0.1) is 0 Å². The maximum atomic E-state index is 11.3. The fourth-order valence-corrected chi connectivity index (χ4v) is 1.25. The Morgan fingerprint density at radius 1 is 1.44 bits per heavy atom. The summed E-state index contributed by atoms with van der Waals surface area (Å²) in [4.78, 5) is 11.3. The summed E-state index contributed by atoms with van der Waals surface area (Å²) in [6.07, 6.45) is 0.969. The van der Waals surface area contributed by atoms with Crippen LogP contribution in [0.15, 0.2) is 24.3 Å². The van der Waals surface area contributed by atoms with Gasteiger partial charge >= 0.3 is 0 Å². The fraction of sp³-hybridized carbons (Fsp3) is 0.417. The molecule has 4 nitrogen and oxygen atoms in total. The van der Waals surface area contributed by atoms with E-state index < -0.39 is 0 Å². The minimum Gasteiger partial charge on any atom is -0.494 e. The number of rotatable bonds is 6. The van der Waals surface area contributed by atoms with Crippen molar-refractivity contribution in [3.63, 3.8) is 0 Å². The molecule has 4 heteroatoms. The lowest BCUT2D eigenvalue weighted by Crippen LogP contribution is -2.24. The van der Waals surface area contributed by atoms with Crippen molar-refractivity contribution >= 4 is 11.6 Å². The Hall–Kier alpha value is -1.55. The highest BCUT2D eigenvalue weighted by atomic mass is 16.5. The lowest BCUT2D eigenvalue weighted by atomic mass is 10.3. The molecule has 0 saturated carbocycles. The molecule has 0 aliphatic heterocycles. The maximum Gasteiger partial charge on any atom is 0.238 e. The van der Waals surface area contributed by atoms with E-state index in [9.17, 15) is 4.79 Å². The van der Waals surface area contributed by atoms with Gasteiger partial charge in [-0.2, -0.15) is 0 Å². The second-order valence-electron chi connectivity index (χ2n) is 3.45. The van der Waals surface area contributed by atoms with Crippen LogP contribution in [0.1, 0.15) is 13.3 Å². The highest BCUT2D eigenvalue weighted by Crippen LogP contribution is 2.17. The Labute approximate surface area is 96.0 Å². The minimum absolute atomic E-state index is 0.0601. The lowest BCUT2D eigenvalue weighted by Gasteiger charge is -2.08. The molecule has 1 amide bonds. The predicted molar refractivity (Wildman–Crippen MR) is 64.8 cm³/mol. The van der Waals surface area contributed by atoms with Crippen LogP contribution in [0.2, 0.25) is 0 Å². The van der Waals surface area contributed by atoms with E-state index in [0.717, 1.165) is 17.9 Å². The average molecular weight is 222 g/mol. The summed E-state index contributed by atoms with van der Waals surface area (Å²) >= 11 is 0. The van der Waals surface area contributed by atoms with Gasteiger partial charge in [-0.25, -0.2) is 0 Å². The summed E-state index contributed by atoms with van der Waals surface area (Å²) < 4.78 is 5.47. The van der Waals surface area contributed by atoms with Crippen molar-refractivity contribution in [2.75, 3.05) is 25.5 Å². The number of benzene rings is 1. The molecule has 16 heavy (non-hydrogen) atoms. The number of amides is 1. The maximum absolute atomic E-state index is 11.3. The molecule has 0 heterocycles. The second kappa shape index (κ2) is 6.85. The quantitative estimate of drug-likeness (QED) is 0.769. The molecule has 0 radical (unpaired) electrons. The van der Waals surface area contributed by atoms with Crippen LogP contribution in [0.25, 0.3) is 0 Å². The molecule has 0 aromatic heterocycles. The van der Waals surface area contributed by atoms with Crippen LogP contribution >= 0.6 is 0 Å². The highest BCUT2D eigenvalue weighted by molar-refractivity contribution is 5.92. The third kappa shape index (κ3) is 4.31. The molecule has 1 aromatic rings. The van der Waals surface area contributed by atoms with Gasteiger partial charge in [0.05, 0.1) is 13.2 Å². The van der Waals surface area contributed by atoms with Crippen molar-refractivity contribution in [3.05, 3.63) is 24.3 Å². The molecule has 0 saturated heterocycles. The van der Waals surface area contributed by atoms with Crippen LogP contribution in [-0.2, 0) is 4.79 Å². The van der Waals surface area contributed by atoms with E-state index in [-0.39, 0.29) is 5.91 Å². The van der Waals surface area contributed by atoms with Gasteiger partial charge in [0.1, 0.15) is 5.75 Å². The third-order valence-corrected chi connectivity index (χ3v) is 1.93. The van der Waals surface area contributed by atoms with Gasteiger partial charge in [0.15, 0.2) is 0 Å². The molecule has 0 spiro atoms. The van der Waals surface area contributed by atoms with Gasteiger partial charge in [-0.3, -0.25) is 4.79 Å². The molecule has 0 atom stereocenters. The van der Waals surface area contributed by atoms with Crippen molar-refractivity contribution < 1.29 is 9.53 Å². The average Bonchev–Trinajstić information content (AvgIpc) is 2.27. The molecule has 0 bridgehead atoms. The third-order valence-electron chi connectivity index (χ3n) is 1.93. The lowest BCUT2D eigenvalue weighted by molar-refractivity contribution is -0.115. The van der Waals surface area contributed by atoms with Crippen molar-refractivity contribution in [3.8, 4) is 5.75 Å². The molecular formula is C12H18N2O2. The van der Waals surface area contributed by atoms with Crippen LogP contribution < -0.4 is 15.4 Å². The van der Waals surface area contributed by atoms with Crippen LogP contribution in [0.5, 0.6) is 5.75 Å². The highest BCUT2D eigenvalue weighted by Gasteiger charge is 2.01. The predicted octanol–water partition coefficient (Wildman–Crippen LogP) is 1.63. The largest absolute Gasteiger partial charge is 0.494 e. The summed E-state index contributed by atoms with van der Waals surface area (Å²) in [6, 6.07) is 7.40. The van der Waals surface area contributed by atoms with Gasteiger partial charge in [0, 0.05) is 11.8 Å². The van der Waals surface area contributed by atoms with Crippen molar-refractivity contribution in [1.82, 2.24) is 5.32 Å². The van der Waals surface area contributed by atoms with Crippen molar-refractivity contribution in [2.45, 2.75) is 13.3 Å². The molecular weight excluding hydrogens is 204 g/mol. The Bertz CT molecular complexity index is 340. The summed E-state index contributed by atoms with van der Waals surface area (Å²) in [5.74, 6) is 0.722. The zero-order chi connectivity index (χ0) is 11.8. The van der Waals surface area contributed by atoms with E-state index in [1.165, 1.54) is 0 Å². The topological polar surface area (TPSA) is 50.4 Å². The van der Waals surface area contributed by atoms with Crippen LogP contribution in [0.4, 0.5) is 5.69 Å². The molecule has 0 aliphatic carbocycles. The molecule has 0 aliphatic rings. The van der Waals surface area contributed by atoms with E-state index >= 15 is 0 Å². The Kier molecular flexibility index (Phi) is 5.36. The fourth-order valence-electron chi connectivity index (χ4n) is 1.25. The summed E-state index contributed by atoms with van der Waals surface area (Å²) in [5.41, 5.74) is 0.758. The van der Waals surface area contributed by atoms with Crippen LogP contribution in [-0.4, -0.2) is 26.1 Å². The van der Waals surface area contributed by atoms with Crippen LogP contribution in [0, 0.1) is 0 Å². The molecule has 0 unspecified atom stereocenters. The summed E-state index contributed by atoms with van der Waals surface area (Å²) in [6.45, 7) is 3.05.